The van der Waals surface area contributed by atoms with E-state index in [9.17, 15) is 4.79 Å². The second-order valence-corrected chi connectivity index (χ2v) is 7.54. The largest absolute Gasteiger partial charge is 0.322 e. The molecule has 0 atom stereocenters. The number of amides is 1. The lowest BCUT2D eigenvalue weighted by atomic mass is 10.1. The molecular formula is C22H29N3O. The van der Waals surface area contributed by atoms with Gasteiger partial charge >= 0.3 is 0 Å². The molecule has 138 valence electrons. The molecule has 26 heavy (non-hydrogen) atoms. The van der Waals surface area contributed by atoms with Crippen molar-refractivity contribution >= 4 is 11.6 Å². The van der Waals surface area contributed by atoms with Crippen LogP contribution in [0.3, 0.4) is 0 Å². The Hall–Kier alpha value is -2.17. The first kappa shape index (κ1) is 18.6. The molecule has 0 aromatic heterocycles. The van der Waals surface area contributed by atoms with E-state index in [1.807, 2.05) is 31.2 Å². The van der Waals surface area contributed by atoms with E-state index in [1.54, 1.807) is 0 Å². The van der Waals surface area contributed by atoms with Crippen molar-refractivity contribution in [2.45, 2.75) is 27.3 Å². The summed E-state index contributed by atoms with van der Waals surface area (Å²) in [6.45, 7) is 11.5. The Kier molecular flexibility index (Phi) is 5.74. The van der Waals surface area contributed by atoms with Crippen LogP contribution in [-0.4, -0.2) is 48.9 Å². The molecule has 2 aromatic rings. The summed E-state index contributed by atoms with van der Waals surface area (Å²) in [6, 6.07) is 12.2. The Labute approximate surface area is 156 Å². The van der Waals surface area contributed by atoms with E-state index >= 15 is 0 Å². The van der Waals surface area contributed by atoms with Crippen LogP contribution < -0.4 is 5.32 Å². The number of nitrogens with zero attached hydrogens (tertiary/aromatic N) is 2. The number of carbonyl (C=O) groups excluding carboxylic acids is 1. The third-order valence-corrected chi connectivity index (χ3v) is 5.17. The second-order valence-electron chi connectivity index (χ2n) is 7.54. The number of anilines is 1. The number of hydrogen-bond acceptors (Lipinski definition) is 3. The summed E-state index contributed by atoms with van der Waals surface area (Å²) in [5.74, 6) is -0.0516. The van der Waals surface area contributed by atoms with Crippen molar-refractivity contribution in [3.63, 3.8) is 0 Å². The van der Waals surface area contributed by atoms with E-state index in [1.165, 1.54) is 16.7 Å². The molecule has 0 spiro atoms. The SMILES string of the molecule is Cc1cc(CN2CCN(C)CC2)cc(NC(=O)c2ccc(C)c(C)c2)c1. The Morgan fingerprint density at radius 1 is 0.962 bits per heavy atom. The predicted molar refractivity (Wildman–Crippen MR) is 108 cm³/mol. The third kappa shape index (κ3) is 4.71. The fourth-order valence-corrected chi connectivity index (χ4v) is 3.38. The molecule has 0 radical (unpaired) electrons. The van der Waals surface area contributed by atoms with Crippen molar-refractivity contribution in [2.24, 2.45) is 0 Å². The number of hydrogen-bond donors (Lipinski definition) is 1. The summed E-state index contributed by atoms with van der Waals surface area (Å²) in [5, 5.41) is 3.06. The van der Waals surface area contributed by atoms with Crippen molar-refractivity contribution < 1.29 is 4.79 Å². The molecule has 1 saturated heterocycles. The molecule has 3 rings (SSSR count). The Morgan fingerprint density at radius 2 is 1.69 bits per heavy atom. The second kappa shape index (κ2) is 8.02. The average Bonchev–Trinajstić information content (AvgIpc) is 2.59. The van der Waals surface area contributed by atoms with E-state index in [-0.39, 0.29) is 5.91 Å². The van der Waals surface area contributed by atoms with Crippen LogP contribution in [0.25, 0.3) is 0 Å². The van der Waals surface area contributed by atoms with Crippen LogP contribution in [0.15, 0.2) is 36.4 Å². The Bertz CT molecular complexity index is 792. The molecule has 2 aromatic carbocycles. The molecule has 1 N–H and O–H groups in total. The van der Waals surface area contributed by atoms with E-state index in [4.69, 9.17) is 0 Å². The minimum absolute atomic E-state index is 0.0516. The molecule has 0 unspecified atom stereocenters. The summed E-state index contributed by atoms with van der Waals surface area (Å²) in [4.78, 5) is 17.4. The Balaban J connectivity index is 1.70. The molecule has 4 heteroatoms. The normalized spacial score (nSPS) is 15.8. The number of benzene rings is 2. The standard InChI is InChI=1S/C22H29N3O/c1-16-11-19(15-25-9-7-24(4)8-10-25)14-21(12-16)23-22(26)20-6-5-17(2)18(3)13-20/h5-6,11-14H,7-10,15H2,1-4H3,(H,23,26). The lowest BCUT2D eigenvalue weighted by molar-refractivity contribution is 0.102. The molecule has 0 aliphatic carbocycles. The number of rotatable bonds is 4. The van der Waals surface area contributed by atoms with Crippen LogP contribution in [-0.2, 0) is 6.54 Å². The van der Waals surface area contributed by atoms with Gasteiger partial charge in [0.1, 0.15) is 0 Å². The fourth-order valence-electron chi connectivity index (χ4n) is 3.38. The van der Waals surface area contributed by atoms with E-state index < -0.39 is 0 Å². The first-order valence-corrected chi connectivity index (χ1v) is 9.31. The van der Waals surface area contributed by atoms with Crippen LogP contribution in [0.4, 0.5) is 5.69 Å². The zero-order valence-corrected chi connectivity index (χ0v) is 16.3. The summed E-state index contributed by atoms with van der Waals surface area (Å²) < 4.78 is 0. The minimum Gasteiger partial charge on any atom is -0.322 e. The fraction of sp³-hybridized carbons (Fsp3) is 0.409. The molecule has 0 saturated carbocycles. The highest BCUT2D eigenvalue weighted by Gasteiger charge is 2.15. The third-order valence-electron chi connectivity index (χ3n) is 5.17. The maximum atomic E-state index is 12.6. The monoisotopic (exact) mass is 351 g/mol. The van der Waals surface area contributed by atoms with Gasteiger partial charge in [-0.2, -0.15) is 0 Å². The average molecular weight is 351 g/mol. The van der Waals surface area contributed by atoms with Gasteiger partial charge in [0.2, 0.25) is 0 Å². The zero-order chi connectivity index (χ0) is 18.7. The summed E-state index contributed by atoms with van der Waals surface area (Å²) in [6.07, 6.45) is 0. The molecule has 1 heterocycles. The van der Waals surface area contributed by atoms with Gasteiger partial charge in [-0.3, -0.25) is 9.69 Å². The highest BCUT2D eigenvalue weighted by atomic mass is 16.1. The van der Waals surface area contributed by atoms with Gasteiger partial charge in [0.25, 0.3) is 5.91 Å². The van der Waals surface area contributed by atoms with Crippen molar-refractivity contribution in [3.05, 3.63) is 64.2 Å². The molecule has 0 bridgehead atoms. The maximum absolute atomic E-state index is 12.6. The smallest absolute Gasteiger partial charge is 0.255 e. The van der Waals surface area contributed by atoms with Gasteiger partial charge in [-0.15, -0.1) is 0 Å². The molecule has 1 fully saturated rings. The molecular weight excluding hydrogens is 322 g/mol. The quantitative estimate of drug-likeness (QED) is 0.914. The number of nitrogens with one attached hydrogen (secondary N) is 1. The highest BCUT2D eigenvalue weighted by molar-refractivity contribution is 6.04. The maximum Gasteiger partial charge on any atom is 0.255 e. The summed E-state index contributed by atoms with van der Waals surface area (Å²) in [5.41, 5.74) is 6.34. The lowest BCUT2D eigenvalue weighted by Gasteiger charge is -2.32. The van der Waals surface area contributed by atoms with Crippen molar-refractivity contribution in [2.75, 3.05) is 38.5 Å². The van der Waals surface area contributed by atoms with Gasteiger partial charge in [-0.1, -0.05) is 12.1 Å². The van der Waals surface area contributed by atoms with Crippen LogP contribution in [0.2, 0.25) is 0 Å². The van der Waals surface area contributed by atoms with Crippen molar-refractivity contribution in [1.29, 1.82) is 0 Å². The van der Waals surface area contributed by atoms with E-state index in [0.717, 1.165) is 44.0 Å². The number of aryl methyl sites for hydroxylation is 3. The van der Waals surface area contributed by atoms with Gasteiger partial charge in [-0.25, -0.2) is 0 Å². The summed E-state index contributed by atoms with van der Waals surface area (Å²) >= 11 is 0. The van der Waals surface area contributed by atoms with E-state index in [0.29, 0.717) is 5.56 Å². The first-order chi connectivity index (χ1) is 12.4. The molecule has 1 aliphatic heterocycles. The van der Waals surface area contributed by atoms with Crippen LogP contribution in [0, 0.1) is 20.8 Å². The van der Waals surface area contributed by atoms with E-state index in [2.05, 4.69) is 48.1 Å². The minimum atomic E-state index is -0.0516. The molecule has 1 aliphatic rings. The Morgan fingerprint density at radius 3 is 2.38 bits per heavy atom. The summed E-state index contributed by atoms with van der Waals surface area (Å²) in [7, 11) is 2.17. The zero-order valence-electron chi connectivity index (χ0n) is 16.3. The van der Waals surface area contributed by atoms with Crippen LogP contribution in [0.1, 0.15) is 32.6 Å². The van der Waals surface area contributed by atoms with Crippen molar-refractivity contribution in [3.8, 4) is 0 Å². The lowest BCUT2D eigenvalue weighted by Crippen LogP contribution is -2.43. The van der Waals surface area contributed by atoms with Gasteiger partial charge in [0, 0.05) is 44.0 Å². The van der Waals surface area contributed by atoms with Crippen molar-refractivity contribution in [1.82, 2.24) is 9.80 Å². The number of carbonyl (C=O) groups is 1. The van der Waals surface area contributed by atoms with Gasteiger partial charge in [0.05, 0.1) is 0 Å². The molecule has 4 nitrogen and oxygen atoms in total. The first-order valence-electron chi connectivity index (χ1n) is 9.31. The predicted octanol–water partition coefficient (Wildman–Crippen LogP) is 3.61. The van der Waals surface area contributed by atoms with Gasteiger partial charge < -0.3 is 10.2 Å². The van der Waals surface area contributed by atoms with Gasteiger partial charge in [-0.05, 0) is 74.3 Å². The topological polar surface area (TPSA) is 35.6 Å². The van der Waals surface area contributed by atoms with Crippen LogP contribution in [0.5, 0.6) is 0 Å². The molecule has 1 amide bonds. The number of likely N-dealkylation sites (N-methyl/N-ethyl adjacent to an activating group) is 1. The van der Waals surface area contributed by atoms with Crippen LogP contribution >= 0.6 is 0 Å². The van der Waals surface area contributed by atoms with Gasteiger partial charge in [0.15, 0.2) is 0 Å². The number of piperazine rings is 1. The highest BCUT2D eigenvalue weighted by Crippen LogP contribution is 2.19.